The summed E-state index contributed by atoms with van der Waals surface area (Å²) in [5, 5.41) is 0.507. The fraction of sp³-hybridized carbons (Fsp3) is 0.148. The number of carbonyl (C=O) groups excluding carboxylic acids is 2. The van der Waals surface area contributed by atoms with E-state index in [9.17, 15) is 14.0 Å². The van der Waals surface area contributed by atoms with E-state index in [2.05, 4.69) is 20.9 Å². The number of esters is 1. The number of amides is 1. The smallest absolute Gasteiger partial charge is 0.337 e. The molecule has 7 nitrogen and oxygen atoms in total. The Labute approximate surface area is 226 Å². The zero-order valence-electron chi connectivity index (χ0n) is 20.2. The van der Waals surface area contributed by atoms with Gasteiger partial charge < -0.3 is 14.2 Å². The molecule has 10 heteroatoms. The van der Waals surface area contributed by atoms with Crippen LogP contribution in [-0.4, -0.2) is 43.2 Å². The van der Waals surface area contributed by atoms with Gasteiger partial charge in [-0.25, -0.2) is 14.2 Å². The molecule has 3 aromatic carbocycles. The Bertz CT molecular complexity index is 1390. The molecule has 190 valence electrons. The van der Waals surface area contributed by atoms with Crippen molar-refractivity contribution in [3.05, 3.63) is 92.5 Å². The molecule has 0 radical (unpaired) electrons. The van der Waals surface area contributed by atoms with Crippen molar-refractivity contribution in [3.63, 3.8) is 0 Å². The van der Waals surface area contributed by atoms with Crippen molar-refractivity contribution < 1.29 is 28.2 Å². The number of halogens is 2. The number of thioether (sulfide) groups is 1. The Morgan fingerprint density at radius 3 is 2.46 bits per heavy atom. The summed E-state index contributed by atoms with van der Waals surface area (Å²) in [7, 11) is 4.51. The molecular weight excluding hydrogens is 563 g/mol. The lowest BCUT2D eigenvalue weighted by molar-refractivity contribution is -0.121. The number of ether oxygens (including phenoxy) is 3. The van der Waals surface area contributed by atoms with Gasteiger partial charge in [-0.05, 0) is 93.4 Å². The molecule has 0 saturated carbocycles. The fourth-order valence-electron chi connectivity index (χ4n) is 3.40. The van der Waals surface area contributed by atoms with Crippen LogP contribution < -0.4 is 9.47 Å². The molecule has 0 unspecified atom stereocenters. The summed E-state index contributed by atoms with van der Waals surface area (Å²) in [6, 6.07) is 16.3. The molecule has 3 aromatic rings. The van der Waals surface area contributed by atoms with Crippen LogP contribution in [0.3, 0.4) is 0 Å². The standard InChI is InChI=1S/C27H22BrFN2O5S/c1-31-25(32)23(37-27(31)30-20-10-6-18(7-11-20)26(33)35-3)14-17-12-21(28)24(22(13-17)34-2)36-15-16-4-8-19(29)9-5-16/h4-14H,15H2,1-3H3/b23-14-,30-27?. The van der Waals surface area contributed by atoms with E-state index in [-0.39, 0.29) is 18.3 Å². The Balaban J connectivity index is 1.54. The maximum Gasteiger partial charge on any atom is 0.337 e. The molecule has 0 aromatic heterocycles. The van der Waals surface area contributed by atoms with Crippen LogP contribution in [0.1, 0.15) is 21.5 Å². The number of methoxy groups -OCH3 is 2. The van der Waals surface area contributed by atoms with E-state index in [1.165, 1.54) is 43.0 Å². The molecule has 0 spiro atoms. The first-order valence-electron chi connectivity index (χ1n) is 11.0. The second kappa shape index (κ2) is 11.6. The summed E-state index contributed by atoms with van der Waals surface area (Å²) in [6.07, 6.45) is 1.75. The molecule has 1 amide bonds. The van der Waals surface area contributed by atoms with E-state index < -0.39 is 5.97 Å². The van der Waals surface area contributed by atoms with Gasteiger partial charge in [0.2, 0.25) is 0 Å². The first kappa shape index (κ1) is 26.4. The lowest BCUT2D eigenvalue weighted by atomic mass is 10.1. The van der Waals surface area contributed by atoms with Gasteiger partial charge in [0.1, 0.15) is 12.4 Å². The van der Waals surface area contributed by atoms with E-state index in [0.717, 1.165) is 11.1 Å². The Morgan fingerprint density at radius 2 is 1.81 bits per heavy atom. The molecule has 0 aliphatic carbocycles. The average molecular weight is 585 g/mol. The van der Waals surface area contributed by atoms with Crippen LogP contribution >= 0.6 is 27.7 Å². The van der Waals surface area contributed by atoms with Crippen LogP contribution in [-0.2, 0) is 16.1 Å². The van der Waals surface area contributed by atoms with Crippen LogP contribution in [0.15, 0.2) is 75.0 Å². The molecule has 1 heterocycles. The molecule has 37 heavy (non-hydrogen) atoms. The zero-order chi connectivity index (χ0) is 26.5. The number of hydrogen-bond acceptors (Lipinski definition) is 7. The Morgan fingerprint density at radius 1 is 1.11 bits per heavy atom. The SMILES string of the molecule is COC(=O)c1ccc(N=C2S/C(=C\c3cc(Br)c(OCc4ccc(F)cc4)c(OC)c3)C(=O)N2C)cc1. The largest absolute Gasteiger partial charge is 0.493 e. The highest BCUT2D eigenvalue weighted by Crippen LogP contribution is 2.39. The minimum absolute atomic E-state index is 0.193. The number of nitrogens with zero attached hydrogens (tertiary/aromatic N) is 2. The van der Waals surface area contributed by atoms with Crippen LogP contribution in [0.25, 0.3) is 6.08 Å². The van der Waals surface area contributed by atoms with Gasteiger partial charge in [-0.1, -0.05) is 12.1 Å². The van der Waals surface area contributed by atoms with E-state index in [1.54, 1.807) is 55.6 Å². The van der Waals surface area contributed by atoms with Crippen molar-refractivity contribution >= 4 is 56.5 Å². The number of aliphatic imine (C=N–C) groups is 1. The molecule has 0 atom stereocenters. The Hall–Kier alpha value is -3.63. The van der Waals surface area contributed by atoms with Gasteiger partial charge >= 0.3 is 5.97 Å². The molecule has 1 fully saturated rings. The maximum absolute atomic E-state index is 13.2. The summed E-state index contributed by atoms with van der Waals surface area (Å²) < 4.78 is 29.9. The van der Waals surface area contributed by atoms with Crippen LogP contribution in [0.4, 0.5) is 10.1 Å². The number of likely N-dealkylation sites (N-methyl/N-ethyl adjacent to an activating group) is 1. The van der Waals surface area contributed by atoms with Crippen LogP contribution in [0, 0.1) is 5.82 Å². The fourth-order valence-corrected chi connectivity index (χ4v) is 4.96. The number of benzene rings is 3. The van der Waals surface area contributed by atoms with E-state index >= 15 is 0 Å². The predicted octanol–water partition coefficient (Wildman–Crippen LogP) is 6.20. The normalized spacial score (nSPS) is 15.4. The minimum Gasteiger partial charge on any atom is -0.493 e. The van der Waals surface area contributed by atoms with Gasteiger partial charge in [0.15, 0.2) is 16.7 Å². The van der Waals surface area contributed by atoms with E-state index in [0.29, 0.717) is 37.3 Å². The first-order valence-corrected chi connectivity index (χ1v) is 12.6. The quantitative estimate of drug-likeness (QED) is 0.243. The number of carbonyl (C=O) groups is 2. The zero-order valence-corrected chi connectivity index (χ0v) is 22.6. The van der Waals surface area contributed by atoms with Crippen molar-refractivity contribution in [2.24, 2.45) is 4.99 Å². The average Bonchev–Trinajstić information content (AvgIpc) is 3.16. The maximum atomic E-state index is 13.2. The third kappa shape index (κ3) is 6.20. The summed E-state index contributed by atoms with van der Waals surface area (Å²) in [4.78, 5) is 31.0. The number of hydrogen-bond donors (Lipinski definition) is 0. The topological polar surface area (TPSA) is 77.4 Å². The van der Waals surface area contributed by atoms with Gasteiger partial charge in [0.05, 0.1) is 34.8 Å². The summed E-state index contributed by atoms with van der Waals surface area (Å²) in [5.41, 5.74) is 2.55. The highest BCUT2D eigenvalue weighted by molar-refractivity contribution is 9.10. The predicted molar refractivity (Wildman–Crippen MR) is 145 cm³/mol. The Kier molecular flexibility index (Phi) is 8.30. The van der Waals surface area contributed by atoms with Gasteiger partial charge in [-0.2, -0.15) is 0 Å². The highest BCUT2D eigenvalue weighted by Gasteiger charge is 2.30. The first-order chi connectivity index (χ1) is 17.8. The van der Waals surface area contributed by atoms with Crippen molar-refractivity contribution in [2.45, 2.75) is 6.61 Å². The van der Waals surface area contributed by atoms with Crippen molar-refractivity contribution in [3.8, 4) is 11.5 Å². The second-order valence-corrected chi connectivity index (χ2v) is 9.72. The molecule has 0 N–H and O–H groups in total. The van der Waals surface area contributed by atoms with Crippen molar-refractivity contribution in [1.29, 1.82) is 0 Å². The second-order valence-electron chi connectivity index (χ2n) is 7.86. The van der Waals surface area contributed by atoms with Crippen molar-refractivity contribution in [2.75, 3.05) is 21.3 Å². The third-order valence-corrected chi connectivity index (χ3v) is 7.01. The van der Waals surface area contributed by atoms with Gasteiger partial charge in [-0.3, -0.25) is 9.69 Å². The van der Waals surface area contributed by atoms with Crippen LogP contribution in [0.5, 0.6) is 11.5 Å². The number of rotatable bonds is 7. The lowest BCUT2D eigenvalue weighted by Gasteiger charge is -2.14. The highest BCUT2D eigenvalue weighted by atomic mass is 79.9. The third-order valence-electron chi connectivity index (χ3n) is 5.36. The molecule has 4 rings (SSSR count). The van der Waals surface area contributed by atoms with Gasteiger partial charge in [-0.15, -0.1) is 0 Å². The molecule has 1 aliphatic rings. The van der Waals surface area contributed by atoms with E-state index in [1.807, 2.05) is 6.07 Å². The summed E-state index contributed by atoms with van der Waals surface area (Å²) in [6.45, 7) is 0.231. The monoisotopic (exact) mass is 584 g/mol. The summed E-state index contributed by atoms with van der Waals surface area (Å²) in [5.74, 6) is 0.0394. The number of amidine groups is 1. The minimum atomic E-state index is -0.430. The van der Waals surface area contributed by atoms with Gasteiger partial charge in [0, 0.05) is 7.05 Å². The molecule has 1 aliphatic heterocycles. The summed E-state index contributed by atoms with van der Waals surface area (Å²) >= 11 is 4.77. The van der Waals surface area contributed by atoms with Crippen molar-refractivity contribution in [1.82, 2.24) is 4.90 Å². The van der Waals surface area contributed by atoms with E-state index in [4.69, 9.17) is 14.2 Å². The van der Waals surface area contributed by atoms with Gasteiger partial charge in [0.25, 0.3) is 5.91 Å². The molecule has 1 saturated heterocycles. The molecular formula is C27H22BrFN2O5S. The lowest BCUT2D eigenvalue weighted by Crippen LogP contribution is -2.23. The van der Waals surface area contributed by atoms with Crippen LogP contribution in [0.2, 0.25) is 0 Å². The molecule has 0 bridgehead atoms.